The van der Waals surface area contributed by atoms with Crippen LogP contribution in [0.25, 0.3) is 0 Å². The lowest BCUT2D eigenvalue weighted by Gasteiger charge is -2.24. The van der Waals surface area contributed by atoms with E-state index >= 15 is 0 Å². The maximum Gasteiger partial charge on any atom is 0.162 e. The van der Waals surface area contributed by atoms with Crippen molar-refractivity contribution in [2.24, 2.45) is 0 Å². The van der Waals surface area contributed by atoms with Crippen molar-refractivity contribution in [1.29, 1.82) is 0 Å². The van der Waals surface area contributed by atoms with E-state index in [2.05, 4.69) is 0 Å². The summed E-state index contributed by atoms with van der Waals surface area (Å²) < 4.78 is 11.1. The highest BCUT2D eigenvalue weighted by molar-refractivity contribution is 6.31. The highest BCUT2D eigenvalue weighted by Gasteiger charge is 2.23. The van der Waals surface area contributed by atoms with Crippen molar-refractivity contribution in [2.75, 3.05) is 13.2 Å². The molecule has 1 aliphatic rings. The number of rotatable bonds is 6. The van der Waals surface area contributed by atoms with Gasteiger partial charge in [-0.1, -0.05) is 31.9 Å². The second-order valence-electron chi connectivity index (χ2n) is 5.58. The predicted octanol–water partition coefficient (Wildman–Crippen LogP) is 3.13. The minimum absolute atomic E-state index is 0.0230. The zero-order valence-electron chi connectivity index (χ0n) is 12.5. The van der Waals surface area contributed by atoms with Crippen LogP contribution in [-0.2, 0) is 0 Å². The molecule has 0 amide bonds. The summed E-state index contributed by atoms with van der Waals surface area (Å²) in [6, 6.07) is 3.64. The fraction of sp³-hybridized carbons (Fsp3) is 0.625. The number of hydrogen-bond acceptors (Lipinski definition) is 4. The average Bonchev–Trinajstić information content (AvgIpc) is 2.46. The predicted molar refractivity (Wildman–Crippen MR) is 82.4 cm³/mol. The SMILES string of the molecule is CCCC(O)C(O)CC(C)c1cc2c(cc1Cl)OCCO2. The molecule has 21 heavy (non-hydrogen) atoms. The van der Waals surface area contributed by atoms with Gasteiger partial charge in [-0.3, -0.25) is 0 Å². The van der Waals surface area contributed by atoms with Crippen LogP contribution >= 0.6 is 11.6 Å². The maximum absolute atomic E-state index is 10.1. The van der Waals surface area contributed by atoms with E-state index in [4.69, 9.17) is 21.1 Å². The molecule has 0 spiro atoms. The lowest BCUT2D eigenvalue weighted by atomic mass is 9.91. The zero-order valence-corrected chi connectivity index (χ0v) is 13.3. The summed E-state index contributed by atoms with van der Waals surface area (Å²) in [5, 5.41) is 20.5. The van der Waals surface area contributed by atoms with Crippen LogP contribution in [0.5, 0.6) is 11.5 Å². The number of hydrogen-bond donors (Lipinski definition) is 2. The van der Waals surface area contributed by atoms with E-state index < -0.39 is 12.2 Å². The van der Waals surface area contributed by atoms with Gasteiger partial charge in [0, 0.05) is 11.1 Å². The molecule has 0 aromatic heterocycles. The largest absolute Gasteiger partial charge is 0.486 e. The number of halogens is 1. The van der Waals surface area contributed by atoms with Crippen LogP contribution in [0, 0.1) is 0 Å². The highest BCUT2D eigenvalue weighted by Crippen LogP contribution is 2.39. The molecule has 4 nitrogen and oxygen atoms in total. The summed E-state index contributed by atoms with van der Waals surface area (Å²) in [4.78, 5) is 0. The summed E-state index contributed by atoms with van der Waals surface area (Å²) in [5.41, 5.74) is 0.906. The molecule has 118 valence electrons. The standard InChI is InChI=1S/C16H23ClO4/c1-3-4-13(18)14(19)7-10(2)11-8-15-16(9-12(11)17)21-6-5-20-15/h8-10,13-14,18-19H,3-7H2,1-2H3. The van der Waals surface area contributed by atoms with E-state index in [9.17, 15) is 10.2 Å². The fourth-order valence-corrected chi connectivity index (χ4v) is 2.93. The van der Waals surface area contributed by atoms with Crippen LogP contribution in [-0.4, -0.2) is 35.6 Å². The van der Waals surface area contributed by atoms with Gasteiger partial charge in [-0.05, 0) is 30.4 Å². The van der Waals surface area contributed by atoms with Crippen molar-refractivity contribution < 1.29 is 19.7 Å². The molecular formula is C16H23ClO4. The Kier molecular flexibility index (Phi) is 5.73. The van der Waals surface area contributed by atoms with Crippen LogP contribution in [0.1, 0.15) is 44.6 Å². The van der Waals surface area contributed by atoms with Gasteiger partial charge in [-0.25, -0.2) is 0 Å². The first kappa shape index (κ1) is 16.4. The summed E-state index contributed by atoms with van der Waals surface area (Å²) in [5.74, 6) is 1.37. The van der Waals surface area contributed by atoms with Gasteiger partial charge < -0.3 is 19.7 Å². The molecule has 2 rings (SSSR count). The molecule has 0 saturated carbocycles. The highest BCUT2D eigenvalue weighted by atomic mass is 35.5. The topological polar surface area (TPSA) is 58.9 Å². The van der Waals surface area contributed by atoms with E-state index in [1.165, 1.54) is 0 Å². The molecule has 0 bridgehead atoms. The first-order valence-electron chi connectivity index (χ1n) is 7.48. The van der Waals surface area contributed by atoms with Gasteiger partial charge in [0.25, 0.3) is 0 Å². The molecule has 0 saturated heterocycles. The minimum atomic E-state index is -0.746. The lowest BCUT2D eigenvalue weighted by Crippen LogP contribution is -2.27. The Labute approximate surface area is 130 Å². The van der Waals surface area contributed by atoms with Crippen molar-refractivity contribution >= 4 is 11.6 Å². The first-order chi connectivity index (χ1) is 10.0. The van der Waals surface area contributed by atoms with Gasteiger partial charge in [0.15, 0.2) is 11.5 Å². The normalized spacial score (nSPS) is 18.1. The Bertz CT molecular complexity index is 478. The van der Waals surface area contributed by atoms with E-state index in [0.29, 0.717) is 42.6 Å². The summed E-state index contributed by atoms with van der Waals surface area (Å²) >= 11 is 6.30. The monoisotopic (exact) mass is 314 g/mol. The van der Waals surface area contributed by atoms with E-state index in [1.807, 2.05) is 19.9 Å². The molecule has 1 aliphatic heterocycles. The fourth-order valence-electron chi connectivity index (χ4n) is 2.59. The summed E-state index contributed by atoms with van der Waals surface area (Å²) in [6.45, 7) is 5.02. The van der Waals surface area contributed by atoms with Gasteiger partial charge in [0.1, 0.15) is 13.2 Å². The Morgan fingerprint density at radius 3 is 2.38 bits per heavy atom. The molecule has 2 N–H and O–H groups in total. The van der Waals surface area contributed by atoms with Crippen molar-refractivity contribution in [3.05, 3.63) is 22.7 Å². The van der Waals surface area contributed by atoms with Crippen molar-refractivity contribution in [1.82, 2.24) is 0 Å². The molecule has 1 heterocycles. The van der Waals surface area contributed by atoms with Gasteiger partial charge in [0.05, 0.1) is 12.2 Å². The number of benzene rings is 1. The molecule has 5 heteroatoms. The Morgan fingerprint density at radius 2 is 1.76 bits per heavy atom. The molecule has 3 unspecified atom stereocenters. The Morgan fingerprint density at radius 1 is 1.14 bits per heavy atom. The van der Waals surface area contributed by atoms with Crippen LogP contribution in [0.3, 0.4) is 0 Å². The van der Waals surface area contributed by atoms with E-state index in [1.54, 1.807) is 6.07 Å². The lowest BCUT2D eigenvalue weighted by molar-refractivity contribution is 0.00636. The Hall–Kier alpha value is -0.970. The molecule has 1 aromatic carbocycles. The quantitative estimate of drug-likeness (QED) is 0.847. The molecular weight excluding hydrogens is 292 g/mol. The number of aliphatic hydroxyl groups excluding tert-OH is 2. The number of aliphatic hydroxyl groups is 2. The smallest absolute Gasteiger partial charge is 0.162 e. The van der Waals surface area contributed by atoms with Crippen LogP contribution in [0.15, 0.2) is 12.1 Å². The van der Waals surface area contributed by atoms with Gasteiger partial charge in [-0.2, -0.15) is 0 Å². The van der Waals surface area contributed by atoms with Crippen LogP contribution < -0.4 is 9.47 Å². The third-order valence-corrected chi connectivity index (χ3v) is 4.14. The molecule has 0 radical (unpaired) electrons. The van der Waals surface area contributed by atoms with Gasteiger partial charge in [-0.15, -0.1) is 0 Å². The van der Waals surface area contributed by atoms with Crippen molar-refractivity contribution in [3.63, 3.8) is 0 Å². The molecule has 0 fully saturated rings. The van der Waals surface area contributed by atoms with E-state index in [0.717, 1.165) is 12.0 Å². The van der Waals surface area contributed by atoms with Crippen molar-refractivity contribution in [2.45, 2.75) is 51.2 Å². The third kappa shape index (κ3) is 4.02. The van der Waals surface area contributed by atoms with Crippen molar-refractivity contribution in [3.8, 4) is 11.5 Å². The Balaban J connectivity index is 2.10. The van der Waals surface area contributed by atoms with Crippen LogP contribution in [0.4, 0.5) is 0 Å². The maximum atomic E-state index is 10.1. The second kappa shape index (κ2) is 7.34. The first-order valence-corrected chi connectivity index (χ1v) is 7.85. The minimum Gasteiger partial charge on any atom is -0.486 e. The molecule has 1 aromatic rings. The molecule has 3 atom stereocenters. The van der Waals surface area contributed by atoms with E-state index in [-0.39, 0.29) is 5.92 Å². The summed E-state index contributed by atoms with van der Waals surface area (Å²) in [6.07, 6.45) is 0.471. The average molecular weight is 315 g/mol. The zero-order chi connectivity index (χ0) is 15.4. The van der Waals surface area contributed by atoms with Crippen LogP contribution in [0.2, 0.25) is 5.02 Å². The number of fused-ring (bicyclic) bond motifs is 1. The number of ether oxygens (including phenoxy) is 2. The summed E-state index contributed by atoms with van der Waals surface area (Å²) in [7, 11) is 0. The third-order valence-electron chi connectivity index (χ3n) is 3.82. The van der Waals surface area contributed by atoms with Gasteiger partial charge >= 0.3 is 0 Å². The van der Waals surface area contributed by atoms with Gasteiger partial charge in [0.2, 0.25) is 0 Å². The molecule has 0 aliphatic carbocycles. The second-order valence-corrected chi connectivity index (χ2v) is 5.98.